The molecule has 2 N–H and O–H groups in total. The van der Waals surface area contributed by atoms with Crippen molar-refractivity contribution in [1.82, 2.24) is 0 Å². The van der Waals surface area contributed by atoms with Gasteiger partial charge in [-0.15, -0.1) is 0 Å². The van der Waals surface area contributed by atoms with Crippen LogP contribution in [0, 0.1) is 11.6 Å². The molecule has 0 spiro atoms. The second-order valence-corrected chi connectivity index (χ2v) is 4.58. The lowest BCUT2D eigenvalue weighted by molar-refractivity contribution is 0.572. The molecule has 1 atom stereocenters. The van der Waals surface area contributed by atoms with Crippen molar-refractivity contribution in [3.8, 4) is 0 Å². The molecule has 0 fully saturated rings. The second-order valence-electron chi connectivity index (χ2n) is 4.14. The predicted octanol–water partition coefficient (Wildman–Crippen LogP) is 3.86. The van der Waals surface area contributed by atoms with E-state index >= 15 is 0 Å². The third kappa shape index (κ3) is 3.28. The van der Waals surface area contributed by atoms with Gasteiger partial charge in [-0.1, -0.05) is 23.7 Å². The maximum atomic E-state index is 13.1. The van der Waals surface area contributed by atoms with Crippen molar-refractivity contribution < 1.29 is 8.78 Å². The van der Waals surface area contributed by atoms with Gasteiger partial charge in [0, 0.05) is 17.1 Å². The summed E-state index contributed by atoms with van der Waals surface area (Å²) in [5.41, 5.74) is 7.31. The molecule has 1 nitrogen and oxygen atoms in total. The van der Waals surface area contributed by atoms with Gasteiger partial charge in [-0.25, -0.2) is 8.78 Å². The minimum atomic E-state index is -0.619. The lowest BCUT2D eigenvalue weighted by atomic mass is 9.99. The molecule has 0 aliphatic rings. The van der Waals surface area contributed by atoms with E-state index in [1.54, 1.807) is 12.1 Å². The summed E-state index contributed by atoms with van der Waals surface area (Å²) in [5, 5.41) is 0.616. The van der Waals surface area contributed by atoms with Crippen molar-refractivity contribution >= 4 is 11.6 Å². The fraction of sp³-hybridized carbons (Fsp3) is 0.143. The summed E-state index contributed by atoms with van der Waals surface area (Å²) in [6.45, 7) is 0. The zero-order valence-electron chi connectivity index (χ0n) is 9.54. The van der Waals surface area contributed by atoms with Crippen molar-refractivity contribution in [2.45, 2.75) is 12.5 Å². The molecule has 0 aliphatic heterocycles. The smallest absolute Gasteiger partial charge is 0.126 e. The number of rotatable bonds is 3. The number of benzene rings is 2. The second kappa shape index (κ2) is 5.46. The van der Waals surface area contributed by atoms with E-state index in [0.717, 1.165) is 11.6 Å². The van der Waals surface area contributed by atoms with Crippen molar-refractivity contribution in [3.05, 3.63) is 70.2 Å². The molecule has 2 aromatic carbocycles. The Morgan fingerprint density at radius 2 is 1.72 bits per heavy atom. The van der Waals surface area contributed by atoms with E-state index in [4.69, 9.17) is 17.3 Å². The summed E-state index contributed by atoms with van der Waals surface area (Å²) in [6.07, 6.45) is 0.476. The van der Waals surface area contributed by atoms with Crippen LogP contribution in [0.5, 0.6) is 0 Å². The van der Waals surface area contributed by atoms with E-state index in [1.807, 2.05) is 12.1 Å². The quantitative estimate of drug-likeness (QED) is 0.898. The van der Waals surface area contributed by atoms with Crippen LogP contribution in [0.15, 0.2) is 42.5 Å². The number of nitrogens with two attached hydrogens (primary N) is 1. The van der Waals surface area contributed by atoms with Crippen molar-refractivity contribution in [3.63, 3.8) is 0 Å². The van der Waals surface area contributed by atoms with E-state index in [9.17, 15) is 8.78 Å². The van der Waals surface area contributed by atoms with Gasteiger partial charge in [0.15, 0.2) is 0 Å². The zero-order valence-corrected chi connectivity index (χ0v) is 10.3. The van der Waals surface area contributed by atoms with Gasteiger partial charge in [0.25, 0.3) is 0 Å². The molecule has 94 valence electrons. The third-order valence-electron chi connectivity index (χ3n) is 2.66. The van der Waals surface area contributed by atoms with Gasteiger partial charge >= 0.3 is 0 Å². The highest BCUT2D eigenvalue weighted by atomic mass is 35.5. The van der Waals surface area contributed by atoms with Gasteiger partial charge in [0.05, 0.1) is 0 Å². The van der Waals surface area contributed by atoms with E-state index in [-0.39, 0.29) is 0 Å². The molecule has 0 aliphatic carbocycles. The Balaban J connectivity index is 2.19. The van der Waals surface area contributed by atoms with Crippen LogP contribution in [0.4, 0.5) is 8.78 Å². The Kier molecular flexibility index (Phi) is 3.94. The first kappa shape index (κ1) is 13.0. The molecule has 1 unspecified atom stereocenters. The maximum Gasteiger partial charge on any atom is 0.126 e. The third-order valence-corrected chi connectivity index (χ3v) is 2.89. The molecular weight excluding hydrogens is 256 g/mol. The molecule has 0 saturated carbocycles. The van der Waals surface area contributed by atoms with E-state index < -0.39 is 17.7 Å². The van der Waals surface area contributed by atoms with Crippen LogP contribution in [-0.4, -0.2) is 0 Å². The maximum absolute atomic E-state index is 13.1. The van der Waals surface area contributed by atoms with E-state index in [1.165, 1.54) is 12.1 Å². The van der Waals surface area contributed by atoms with Crippen molar-refractivity contribution in [1.29, 1.82) is 0 Å². The van der Waals surface area contributed by atoms with Gasteiger partial charge in [0.2, 0.25) is 0 Å². The van der Waals surface area contributed by atoms with Crippen LogP contribution < -0.4 is 5.73 Å². The normalized spacial score (nSPS) is 12.4. The largest absolute Gasteiger partial charge is 0.324 e. The Hall–Kier alpha value is -1.45. The Labute approximate surface area is 109 Å². The van der Waals surface area contributed by atoms with Gasteiger partial charge in [-0.2, -0.15) is 0 Å². The lowest BCUT2D eigenvalue weighted by Gasteiger charge is -2.12. The summed E-state index contributed by atoms with van der Waals surface area (Å²) in [4.78, 5) is 0. The van der Waals surface area contributed by atoms with Crippen LogP contribution in [0.2, 0.25) is 5.02 Å². The molecule has 0 heterocycles. The molecule has 0 bridgehead atoms. The fourth-order valence-electron chi connectivity index (χ4n) is 1.82. The topological polar surface area (TPSA) is 26.0 Å². The summed E-state index contributed by atoms with van der Waals surface area (Å²) >= 11 is 5.86. The molecule has 0 radical (unpaired) electrons. The van der Waals surface area contributed by atoms with Crippen molar-refractivity contribution in [2.75, 3.05) is 0 Å². The average molecular weight is 268 g/mol. The van der Waals surface area contributed by atoms with Gasteiger partial charge in [-0.3, -0.25) is 0 Å². The molecule has 4 heteroatoms. The molecular formula is C14H12ClF2N. The highest BCUT2D eigenvalue weighted by molar-refractivity contribution is 6.30. The summed E-state index contributed by atoms with van der Waals surface area (Å²) < 4.78 is 26.1. The van der Waals surface area contributed by atoms with E-state index in [0.29, 0.717) is 17.0 Å². The highest BCUT2D eigenvalue weighted by Crippen LogP contribution is 2.20. The standard InChI is InChI=1S/C14H12ClF2N/c15-11-3-1-2-9(4-11)5-14(18)10-6-12(16)8-13(17)7-10/h1-4,6-8,14H,5,18H2. The molecule has 0 saturated heterocycles. The highest BCUT2D eigenvalue weighted by Gasteiger charge is 2.10. The first-order chi connectivity index (χ1) is 8.54. The first-order valence-electron chi connectivity index (χ1n) is 5.50. The molecule has 2 rings (SSSR count). The van der Waals surface area contributed by atoms with Gasteiger partial charge in [0.1, 0.15) is 11.6 Å². The van der Waals surface area contributed by atoms with Gasteiger partial charge < -0.3 is 5.73 Å². The molecule has 0 aromatic heterocycles. The zero-order chi connectivity index (χ0) is 13.1. The van der Waals surface area contributed by atoms with Crippen LogP contribution >= 0.6 is 11.6 Å². The van der Waals surface area contributed by atoms with Crippen LogP contribution in [0.25, 0.3) is 0 Å². The van der Waals surface area contributed by atoms with Crippen LogP contribution in [0.1, 0.15) is 17.2 Å². The Bertz CT molecular complexity index is 537. The number of halogens is 3. The summed E-state index contributed by atoms with van der Waals surface area (Å²) in [5.74, 6) is -1.24. The van der Waals surface area contributed by atoms with Crippen LogP contribution in [-0.2, 0) is 6.42 Å². The summed E-state index contributed by atoms with van der Waals surface area (Å²) in [6, 6.07) is 10.1. The van der Waals surface area contributed by atoms with Crippen LogP contribution in [0.3, 0.4) is 0 Å². The lowest BCUT2D eigenvalue weighted by Crippen LogP contribution is -2.14. The monoisotopic (exact) mass is 267 g/mol. The minimum Gasteiger partial charge on any atom is -0.324 e. The Morgan fingerprint density at radius 1 is 1.06 bits per heavy atom. The predicted molar refractivity (Wildman–Crippen MR) is 68.4 cm³/mol. The number of hydrogen-bond acceptors (Lipinski definition) is 1. The minimum absolute atomic E-state index is 0.437. The molecule has 2 aromatic rings. The SMILES string of the molecule is NC(Cc1cccc(Cl)c1)c1cc(F)cc(F)c1. The number of hydrogen-bond donors (Lipinski definition) is 1. The summed E-state index contributed by atoms with van der Waals surface area (Å²) in [7, 11) is 0. The first-order valence-corrected chi connectivity index (χ1v) is 5.88. The van der Waals surface area contributed by atoms with E-state index in [2.05, 4.69) is 0 Å². The fourth-order valence-corrected chi connectivity index (χ4v) is 2.04. The Morgan fingerprint density at radius 3 is 2.33 bits per heavy atom. The molecule has 18 heavy (non-hydrogen) atoms. The average Bonchev–Trinajstić information content (AvgIpc) is 2.27. The molecule has 0 amide bonds. The van der Waals surface area contributed by atoms with Crippen molar-refractivity contribution in [2.24, 2.45) is 5.73 Å². The van der Waals surface area contributed by atoms with Gasteiger partial charge in [-0.05, 0) is 41.8 Å².